The van der Waals surface area contributed by atoms with Crippen molar-refractivity contribution >= 4 is 23.7 Å². The number of carbonyl (C=O) groups is 2. The zero-order valence-electron chi connectivity index (χ0n) is 14.8. The third kappa shape index (κ3) is 4.98. The Morgan fingerprint density at radius 3 is 1.25 bits per heavy atom. The summed E-state index contributed by atoms with van der Waals surface area (Å²) in [5.74, 6) is -0.394. The Morgan fingerprint density at radius 2 is 0.929 bits per heavy atom. The molecule has 0 bridgehead atoms. The molecule has 3 aromatic rings. The van der Waals surface area contributed by atoms with Crippen LogP contribution in [0.4, 0.5) is 0 Å². The minimum absolute atomic E-state index is 0.197. The van der Waals surface area contributed by atoms with Gasteiger partial charge in [0.05, 0.1) is 0 Å². The average Bonchev–Trinajstić information content (AvgIpc) is 2.72. The second kappa shape index (κ2) is 8.55. The highest BCUT2D eigenvalue weighted by Crippen LogP contribution is 2.10. The number of aromatic nitrogens is 2. The van der Waals surface area contributed by atoms with Gasteiger partial charge in [0, 0.05) is 35.4 Å². The first-order valence-corrected chi connectivity index (χ1v) is 8.44. The van der Waals surface area contributed by atoms with Crippen molar-refractivity contribution in [1.29, 1.82) is 0 Å². The van der Waals surface area contributed by atoms with Gasteiger partial charge in [0.25, 0.3) is 0 Å². The second-order valence-electron chi connectivity index (χ2n) is 5.96. The van der Waals surface area contributed by atoms with Crippen LogP contribution in [0, 0.1) is 10.4 Å². The molecule has 0 unspecified atom stereocenters. The van der Waals surface area contributed by atoms with E-state index in [1.54, 1.807) is 12.2 Å². The minimum Gasteiger partial charge on any atom is -0.619 e. The number of rotatable bonds is 6. The molecule has 138 valence electrons. The molecule has 0 saturated heterocycles. The van der Waals surface area contributed by atoms with Crippen molar-refractivity contribution < 1.29 is 19.0 Å². The molecule has 1 aromatic carbocycles. The number of ketones is 2. The van der Waals surface area contributed by atoms with E-state index >= 15 is 0 Å². The van der Waals surface area contributed by atoms with Crippen molar-refractivity contribution in [2.24, 2.45) is 0 Å². The zero-order valence-corrected chi connectivity index (χ0v) is 14.8. The van der Waals surface area contributed by atoms with Crippen molar-refractivity contribution in [2.45, 2.75) is 0 Å². The summed E-state index contributed by atoms with van der Waals surface area (Å²) >= 11 is 0. The number of benzene rings is 1. The number of hydrogen-bond acceptors (Lipinski definition) is 4. The third-order valence-electron chi connectivity index (χ3n) is 3.96. The minimum atomic E-state index is -0.197. The van der Waals surface area contributed by atoms with Gasteiger partial charge in [-0.3, -0.25) is 9.59 Å². The van der Waals surface area contributed by atoms with Gasteiger partial charge < -0.3 is 10.4 Å². The van der Waals surface area contributed by atoms with Crippen molar-refractivity contribution in [3.8, 4) is 0 Å². The van der Waals surface area contributed by atoms with Crippen LogP contribution in [0.2, 0.25) is 0 Å². The van der Waals surface area contributed by atoms with E-state index in [1.165, 1.54) is 61.2 Å². The average molecular weight is 372 g/mol. The molecule has 0 aliphatic rings. The zero-order chi connectivity index (χ0) is 19.9. The lowest BCUT2D eigenvalue weighted by Crippen LogP contribution is -2.24. The fourth-order valence-electron chi connectivity index (χ4n) is 2.41. The maximum Gasteiger partial charge on any atom is 0.186 e. The van der Waals surface area contributed by atoms with E-state index in [0.717, 1.165) is 11.1 Å². The van der Waals surface area contributed by atoms with E-state index in [-0.39, 0.29) is 11.6 Å². The van der Waals surface area contributed by atoms with E-state index in [0.29, 0.717) is 20.6 Å². The Balaban J connectivity index is 1.62. The van der Waals surface area contributed by atoms with Crippen LogP contribution < -0.4 is 9.46 Å². The maximum atomic E-state index is 12.1. The van der Waals surface area contributed by atoms with Crippen LogP contribution in [0.15, 0.2) is 85.5 Å². The molecule has 3 rings (SSSR count). The quantitative estimate of drug-likeness (QED) is 0.288. The summed E-state index contributed by atoms with van der Waals surface area (Å²) in [6.07, 6.45) is 11.3. The van der Waals surface area contributed by atoms with Crippen LogP contribution >= 0.6 is 0 Å². The second-order valence-corrected chi connectivity index (χ2v) is 5.96. The predicted octanol–water partition coefficient (Wildman–Crippen LogP) is 2.75. The molecule has 2 heterocycles. The number of pyridine rings is 2. The molecule has 0 spiro atoms. The van der Waals surface area contributed by atoms with Crippen LogP contribution in [-0.2, 0) is 0 Å². The largest absolute Gasteiger partial charge is 0.619 e. The first kappa shape index (κ1) is 18.7. The van der Waals surface area contributed by atoms with Gasteiger partial charge >= 0.3 is 0 Å². The summed E-state index contributed by atoms with van der Waals surface area (Å²) in [5.41, 5.74) is 2.53. The van der Waals surface area contributed by atoms with Crippen LogP contribution in [0.5, 0.6) is 0 Å². The molecule has 0 aliphatic carbocycles. The molecular weight excluding hydrogens is 356 g/mol. The maximum absolute atomic E-state index is 12.1. The lowest BCUT2D eigenvalue weighted by molar-refractivity contribution is -0.605. The molecule has 6 heteroatoms. The summed E-state index contributed by atoms with van der Waals surface area (Å²) in [4.78, 5) is 24.1. The number of nitrogens with zero attached hydrogens (tertiary/aromatic N) is 2. The van der Waals surface area contributed by atoms with Gasteiger partial charge in [-0.25, -0.2) is 0 Å². The summed E-state index contributed by atoms with van der Waals surface area (Å²) in [6.45, 7) is 0. The summed E-state index contributed by atoms with van der Waals surface area (Å²) in [5, 5.41) is 22.0. The smallest absolute Gasteiger partial charge is 0.186 e. The first-order chi connectivity index (χ1) is 13.5. The SMILES string of the molecule is O=C(/C=C\c1ccc(/C=C\C(=O)c2cc[n+]([O-])cc2)cc1)c1cc[n+]([O-])cc1. The third-order valence-corrected chi connectivity index (χ3v) is 3.96. The van der Waals surface area contributed by atoms with Crippen LogP contribution in [0.25, 0.3) is 12.2 Å². The normalized spacial score (nSPS) is 11.1. The standard InChI is InChI=1S/C22H16N2O4/c25-21(19-9-13-23(27)14-10-19)7-5-17-1-2-18(4-3-17)6-8-22(26)20-11-15-24(28)16-12-20/h1-16H/b7-5-,8-6-. The summed E-state index contributed by atoms with van der Waals surface area (Å²) < 4.78 is 1.24. The molecule has 28 heavy (non-hydrogen) atoms. The highest BCUT2D eigenvalue weighted by Gasteiger charge is 2.04. The fraction of sp³-hybridized carbons (Fsp3) is 0. The molecule has 0 saturated carbocycles. The van der Waals surface area contributed by atoms with Crippen molar-refractivity contribution in [1.82, 2.24) is 0 Å². The molecule has 0 fully saturated rings. The summed E-state index contributed by atoms with van der Waals surface area (Å²) in [6, 6.07) is 13.2. The Kier molecular flexibility index (Phi) is 5.72. The van der Waals surface area contributed by atoms with Crippen molar-refractivity contribution in [3.63, 3.8) is 0 Å². The van der Waals surface area contributed by atoms with Crippen molar-refractivity contribution in [3.05, 3.63) is 118 Å². The Hall–Kier alpha value is -4.06. The molecule has 0 amide bonds. The summed E-state index contributed by atoms with van der Waals surface area (Å²) in [7, 11) is 0. The predicted molar refractivity (Wildman–Crippen MR) is 104 cm³/mol. The highest BCUT2D eigenvalue weighted by atomic mass is 16.5. The van der Waals surface area contributed by atoms with E-state index in [1.807, 2.05) is 24.3 Å². The number of carbonyl (C=O) groups excluding carboxylic acids is 2. The number of allylic oxidation sites excluding steroid dienone is 2. The van der Waals surface area contributed by atoms with Gasteiger partial charge in [-0.15, -0.1) is 0 Å². The van der Waals surface area contributed by atoms with E-state index in [4.69, 9.17) is 0 Å². The van der Waals surface area contributed by atoms with E-state index in [2.05, 4.69) is 0 Å². The topological polar surface area (TPSA) is 88.0 Å². The highest BCUT2D eigenvalue weighted by molar-refractivity contribution is 6.07. The molecule has 0 aliphatic heterocycles. The molecule has 0 atom stereocenters. The monoisotopic (exact) mass is 372 g/mol. The van der Waals surface area contributed by atoms with Gasteiger partial charge in [-0.2, -0.15) is 9.46 Å². The van der Waals surface area contributed by atoms with E-state index < -0.39 is 0 Å². The molecular formula is C22H16N2O4. The molecule has 0 N–H and O–H groups in total. The van der Waals surface area contributed by atoms with Crippen LogP contribution in [0.1, 0.15) is 31.8 Å². The fourth-order valence-corrected chi connectivity index (χ4v) is 2.41. The lowest BCUT2D eigenvalue weighted by Gasteiger charge is -1.98. The van der Waals surface area contributed by atoms with Crippen LogP contribution in [0.3, 0.4) is 0 Å². The Morgan fingerprint density at radius 1 is 0.607 bits per heavy atom. The number of hydrogen-bond donors (Lipinski definition) is 0. The molecule has 6 nitrogen and oxygen atoms in total. The molecule has 2 aromatic heterocycles. The van der Waals surface area contributed by atoms with E-state index in [9.17, 15) is 20.0 Å². The lowest BCUT2D eigenvalue weighted by atomic mass is 10.1. The molecule has 0 radical (unpaired) electrons. The Bertz CT molecular complexity index is 949. The van der Waals surface area contributed by atoms with Gasteiger partial charge in [-0.1, -0.05) is 36.4 Å². The van der Waals surface area contributed by atoms with Gasteiger partial charge in [0.15, 0.2) is 36.4 Å². The van der Waals surface area contributed by atoms with Gasteiger partial charge in [-0.05, 0) is 23.3 Å². The first-order valence-electron chi connectivity index (χ1n) is 8.44. The van der Waals surface area contributed by atoms with Crippen LogP contribution in [-0.4, -0.2) is 11.6 Å². The van der Waals surface area contributed by atoms with Gasteiger partial charge in [0.2, 0.25) is 0 Å². The van der Waals surface area contributed by atoms with Gasteiger partial charge in [0.1, 0.15) is 0 Å². The van der Waals surface area contributed by atoms with Crippen molar-refractivity contribution in [2.75, 3.05) is 0 Å². The Labute approximate surface area is 161 Å².